The Hall–Kier alpha value is -2.98. The predicted octanol–water partition coefficient (Wildman–Crippen LogP) is 2.88. The highest BCUT2D eigenvalue weighted by molar-refractivity contribution is 5.67. The Balaban J connectivity index is 1.82. The summed E-state index contributed by atoms with van der Waals surface area (Å²) >= 11 is 0. The van der Waals surface area contributed by atoms with E-state index in [4.69, 9.17) is 10.5 Å². The van der Waals surface area contributed by atoms with Crippen LogP contribution in [-0.4, -0.2) is 35.3 Å². The molecule has 10 heteroatoms. The standard InChI is InChI=1S/C19H21F3N2O5/c20-19(21,22)29-16-10-13(6-7-14(16)23)17(26)15(25)8-9-24-18(27)28-11-12-4-2-1-3-5-12/h1-7,10,15,17,25-26H,8-9,11,23H2,(H,24,27). The monoisotopic (exact) mass is 414 g/mol. The van der Waals surface area contributed by atoms with Crippen LogP contribution in [0.1, 0.15) is 23.7 Å². The maximum atomic E-state index is 12.4. The van der Waals surface area contributed by atoms with Crippen LogP contribution in [0.5, 0.6) is 5.75 Å². The number of amides is 1. The van der Waals surface area contributed by atoms with E-state index in [1.165, 1.54) is 6.07 Å². The lowest BCUT2D eigenvalue weighted by atomic mass is 10.0. The fraction of sp³-hybridized carbons (Fsp3) is 0.316. The van der Waals surface area contributed by atoms with Crippen molar-refractivity contribution in [2.75, 3.05) is 12.3 Å². The normalized spacial score (nSPS) is 13.4. The molecule has 0 bridgehead atoms. The van der Waals surface area contributed by atoms with E-state index in [1.54, 1.807) is 24.3 Å². The number of hydrogen-bond acceptors (Lipinski definition) is 6. The highest BCUT2D eigenvalue weighted by Gasteiger charge is 2.32. The van der Waals surface area contributed by atoms with Gasteiger partial charge in [-0.25, -0.2) is 4.79 Å². The van der Waals surface area contributed by atoms with Crippen molar-refractivity contribution in [3.8, 4) is 5.75 Å². The first kappa shape index (κ1) is 22.3. The van der Waals surface area contributed by atoms with Gasteiger partial charge < -0.3 is 30.7 Å². The number of nitrogens with two attached hydrogens (primary N) is 1. The third kappa shape index (κ3) is 7.51. The van der Waals surface area contributed by atoms with E-state index < -0.39 is 30.4 Å². The molecular formula is C19H21F3N2O5. The van der Waals surface area contributed by atoms with E-state index >= 15 is 0 Å². The molecule has 7 nitrogen and oxygen atoms in total. The van der Waals surface area contributed by atoms with Gasteiger partial charge in [0.05, 0.1) is 11.8 Å². The van der Waals surface area contributed by atoms with Crippen LogP contribution in [0.2, 0.25) is 0 Å². The average Bonchev–Trinajstić information content (AvgIpc) is 2.67. The summed E-state index contributed by atoms with van der Waals surface area (Å²) in [5.74, 6) is -0.677. The molecule has 0 aliphatic carbocycles. The fourth-order valence-electron chi connectivity index (χ4n) is 2.42. The summed E-state index contributed by atoms with van der Waals surface area (Å²) in [5.41, 5.74) is 5.95. The van der Waals surface area contributed by atoms with Crippen LogP contribution in [-0.2, 0) is 11.3 Å². The first-order chi connectivity index (χ1) is 13.7. The molecule has 0 saturated heterocycles. The Bertz CT molecular complexity index is 802. The fourth-order valence-corrected chi connectivity index (χ4v) is 2.42. The molecule has 0 saturated carbocycles. The van der Waals surface area contributed by atoms with E-state index in [0.717, 1.165) is 17.7 Å². The Morgan fingerprint density at radius 2 is 1.83 bits per heavy atom. The zero-order valence-electron chi connectivity index (χ0n) is 15.2. The van der Waals surface area contributed by atoms with Gasteiger partial charge in [-0.15, -0.1) is 13.2 Å². The Labute approximate surface area is 164 Å². The van der Waals surface area contributed by atoms with Crippen LogP contribution in [0, 0.1) is 0 Å². The van der Waals surface area contributed by atoms with Crippen molar-refractivity contribution in [3.05, 3.63) is 59.7 Å². The lowest BCUT2D eigenvalue weighted by molar-refractivity contribution is -0.274. The number of aliphatic hydroxyl groups is 2. The minimum atomic E-state index is -4.94. The number of hydrogen-bond donors (Lipinski definition) is 4. The minimum absolute atomic E-state index is 0.0161. The lowest BCUT2D eigenvalue weighted by Gasteiger charge is -2.20. The van der Waals surface area contributed by atoms with Crippen molar-refractivity contribution in [2.24, 2.45) is 0 Å². The van der Waals surface area contributed by atoms with Gasteiger partial charge in [0.2, 0.25) is 0 Å². The topological polar surface area (TPSA) is 114 Å². The minimum Gasteiger partial charge on any atom is -0.445 e. The lowest BCUT2D eigenvalue weighted by Crippen LogP contribution is -2.29. The van der Waals surface area contributed by atoms with Crippen molar-refractivity contribution in [1.82, 2.24) is 5.32 Å². The molecule has 0 spiro atoms. The number of nitrogens with one attached hydrogen (secondary N) is 1. The maximum absolute atomic E-state index is 12.4. The second kappa shape index (κ2) is 9.99. The number of benzene rings is 2. The Kier molecular flexibility index (Phi) is 7.68. The summed E-state index contributed by atoms with van der Waals surface area (Å²) in [6.45, 7) is 0.0536. The predicted molar refractivity (Wildman–Crippen MR) is 97.8 cm³/mol. The molecule has 1 amide bonds. The SMILES string of the molecule is Nc1ccc(C(O)C(O)CCNC(=O)OCc2ccccc2)cc1OC(F)(F)F. The molecular weight excluding hydrogens is 393 g/mol. The molecule has 0 aliphatic heterocycles. The highest BCUT2D eigenvalue weighted by atomic mass is 19.4. The molecule has 0 aliphatic rings. The number of carbonyl (C=O) groups is 1. The van der Waals surface area contributed by atoms with Crippen molar-refractivity contribution in [1.29, 1.82) is 0 Å². The third-order valence-corrected chi connectivity index (χ3v) is 3.89. The number of anilines is 1. The van der Waals surface area contributed by atoms with Gasteiger partial charge in [-0.3, -0.25) is 0 Å². The van der Waals surface area contributed by atoms with E-state index in [9.17, 15) is 28.2 Å². The summed E-state index contributed by atoms with van der Waals surface area (Å²) < 4.78 is 45.9. The van der Waals surface area contributed by atoms with Gasteiger partial charge in [-0.2, -0.15) is 0 Å². The molecule has 0 radical (unpaired) electrons. The highest BCUT2D eigenvalue weighted by Crippen LogP contribution is 2.32. The zero-order valence-corrected chi connectivity index (χ0v) is 15.2. The molecule has 0 fully saturated rings. The van der Waals surface area contributed by atoms with Crippen LogP contribution in [0.25, 0.3) is 0 Å². The molecule has 2 rings (SSSR count). The van der Waals surface area contributed by atoms with E-state index in [2.05, 4.69) is 10.1 Å². The first-order valence-electron chi connectivity index (χ1n) is 8.61. The van der Waals surface area contributed by atoms with Gasteiger partial charge in [-0.1, -0.05) is 36.4 Å². The van der Waals surface area contributed by atoms with Crippen molar-refractivity contribution in [2.45, 2.75) is 31.6 Å². The van der Waals surface area contributed by atoms with Crippen LogP contribution in [0.3, 0.4) is 0 Å². The van der Waals surface area contributed by atoms with E-state index in [1.807, 2.05) is 6.07 Å². The van der Waals surface area contributed by atoms with Gasteiger partial charge in [0, 0.05) is 6.54 Å². The molecule has 2 unspecified atom stereocenters. The smallest absolute Gasteiger partial charge is 0.445 e. The van der Waals surface area contributed by atoms with Gasteiger partial charge in [0.25, 0.3) is 0 Å². The number of alkyl halides is 3. The average molecular weight is 414 g/mol. The molecule has 29 heavy (non-hydrogen) atoms. The number of nitrogen functional groups attached to an aromatic ring is 1. The van der Waals surface area contributed by atoms with Crippen molar-refractivity contribution in [3.63, 3.8) is 0 Å². The number of rotatable bonds is 8. The quantitative estimate of drug-likeness (QED) is 0.494. The molecule has 2 atom stereocenters. The van der Waals surface area contributed by atoms with Crippen molar-refractivity contribution < 1.29 is 37.7 Å². The maximum Gasteiger partial charge on any atom is 0.573 e. The summed E-state index contributed by atoms with van der Waals surface area (Å²) in [5, 5.41) is 22.6. The largest absolute Gasteiger partial charge is 0.573 e. The van der Waals surface area contributed by atoms with Gasteiger partial charge in [0.1, 0.15) is 12.7 Å². The van der Waals surface area contributed by atoms with Crippen molar-refractivity contribution >= 4 is 11.8 Å². The molecule has 5 N–H and O–H groups in total. The number of carbonyl (C=O) groups excluding carboxylic acids is 1. The zero-order chi connectivity index (χ0) is 21.4. The second-order valence-electron chi connectivity index (χ2n) is 6.13. The molecule has 158 valence electrons. The third-order valence-electron chi connectivity index (χ3n) is 3.89. The van der Waals surface area contributed by atoms with Gasteiger partial charge in [-0.05, 0) is 29.7 Å². The number of alkyl carbamates (subject to hydrolysis) is 1. The van der Waals surface area contributed by atoms with Gasteiger partial charge in [0.15, 0.2) is 5.75 Å². The van der Waals surface area contributed by atoms with Crippen LogP contribution >= 0.6 is 0 Å². The molecule has 2 aromatic rings. The summed E-state index contributed by atoms with van der Waals surface area (Å²) in [7, 11) is 0. The van der Waals surface area contributed by atoms with E-state index in [0.29, 0.717) is 0 Å². The van der Waals surface area contributed by atoms with Crippen LogP contribution in [0.15, 0.2) is 48.5 Å². The number of ether oxygens (including phenoxy) is 2. The Morgan fingerprint density at radius 1 is 1.14 bits per heavy atom. The summed E-state index contributed by atoms with van der Waals surface area (Å²) in [6, 6.07) is 12.3. The van der Waals surface area contributed by atoms with Crippen LogP contribution < -0.4 is 15.8 Å². The Morgan fingerprint density at radius 3 is 2.48 bits per heavy atom. The molecule has 0 aromatic heterocycles. The first-order valence-corrected chi connectivity index (χ1v) is 8.61. The second-order valence-corrected chi connectivity index (χ2v) is 6.13. The number of halogens is 3. The molecule has 0 heterocycles. The summed E-state index contributed by atoms with van der Waals surface area (Å²) in [4.78, 5) is 11.6. The summed E-state index contributed by atoms with van der Waals surface area (Å²) in [6.07, 6.45) is -8.58. The van der Waals surface area contributed by atoms with E-state index in [-0.39, 0.29) is 30.8 Å². The van der Waals surface area contributed by atoms with Crippen LogP contribution in [0.4, 0.5) is 23.7 Å². The number of aliphatic hydroxyl groups excluding tert-OH is 2. The molecule has 2 aromatic carbocycles. The van der Waals surface area contributed by atoms with Gasteiger partial charge >= 0.3 is 12.5 Å².